The van der Waals surface area contributed by atoms with Crippen LogP contribution in [-0.2, 0) is 4.79 Å². The molecule has 1 fully saturated rings. The lowest BCUT2D eigenvalue weighted by molar-refractivity contribution is -0.115. The van der Waals surface area contributed by atoms with E-state index in [-0.39, 0.29) is 11.6 Å². The lowest BCUT2D eigenvalue weighted by atomic mass is 10.3. The summed E-state index contributed by atoms with van der Waals surface area (Å²) in [5.74, 6) is -0.715. The van der Waals surface area contributed by atoms with Crippen LogP contribution in [0.1, 0.15) is 16.9 Å². The van der Waals surface area contributed by atoms with Gasteiger partial charge in [-0.05, 0) is 44.3 Å². The first-order valence-corrected chi connectivity index (χ1v) is 7.20. The topological polar surface area (TPSA) is 103 Å². The molecule has 1 aromatic heterocycles. The van der Waals surface area contributed by atoms with Gasteiger partial charge in [0, 0.05) is 6.54 Å². The van der Waals surface area contributed by atoms with E-state index in [2.05, 4.69) is 52.8 Å². The van der Waals surface area contributed by atoms with Gasteiger partial charge in [-0.1, -0.05) is 6.08 Å². The third-order valence-electron chi connectivity index (χ3n) is 2.47. The van der Waals surface area contributed by atoms with Crippen LogP contribution in [0.15, 0.2) is 26.9 Å². The highest BCUT2D eigenvalue weighted by molar-refractivity contribution is 9.13. The van der Waals surface area contributed by atoms with Crippen molar-refractivity contribution in [3.8, 4) is 0 Å². The quantitative estimate of drug-likeness (QED) is 0.345. The van der Waals surface area contributed by atoms with Gasteiger partial charge in [0.1, 0.15) is 11.4 Å². The fourth-order valence-corrected chi connectivity index (χ4v) is 2.20. The van der Waals surface area contributed by atoms with Crippen molar-refractivity contribution in [2.75, 3.05) is 6.54 Å². The van der Waals surface area contributed by atoms with Gasteiger partial charge < -0.3 is 15.6 Å². The zero-order valence-corrected chi connectivity index (χ0v) is 13.2. The SMILES string of the molecule is O=C1NC(=O)/C(=C/CCNC(=O)c2cc(Br)c(Br)[nH]2)N1. The number of carbonyl (C=O) groups is 3. The minimum atomic E-state index is -0.536. The lowest BCUT2D eigenvalue weighted by Crippen LogP contribution is -2.24. The average Bonchev–Trinajstić information content (AvgIpc) is 2.88. The van der Waals surface area contributed by atoms with E-state index in [9.17, 15) is 14.4 Å². The molecule has 0 aliphatic carbocycles. The minimum Gasteiger partial charge on any atom is -0.350 e. The smallest absolute Gasteiger partial charge is 0.326 e. The van der Waals surface area contributed by atoms with Crippen LogP contribution in [0.2, 0.25) is 0 Å². The molecule has 20 heavy (non-hydrogen) atoms. The molecule has 4 N–H and O–H groups in total. The fraction of sp³-hybridized carbons (Fsp3) is 0.182. The standard InChI is InChI=1S/C11H10Br2N4O3/c12-5-4-7(15-8(5)13)9(18)14-3-1-2-6-10(19)17-11(20)16-6/h2,4,15H,1,3H2,(H,14,18)(H2,16,17,19,20)/b6-2-. The number of amides is 4. The monoisotopic (exact) mass is 404 g/mol. The lowest BCUT2D eigenvalue weighted by Gasteiger charge is -2.01. The van der Waals surface area contributed by atoms with E-state index in [0.29, 0.717) is 23.3 Å². The molecule has 0 unspecified atom stereocenters. The maximum Gasteiger partial charge on any atom is 0.326 e. The highest BCUT2D eigenvalue weighted by Gasteiger charge is 2.22. The van der Waals surface area contributed by atoms with Gasteiger partial charge in [0.15, 0.2) is 0 Å². The summed E-state index contributed by atoms with van der Waals surface area (Å²) < 4.78 is 1.45. The van der Waals surface area contributed by atoms with Crippen molar-refractivity contribution in [1.29, 1.82) is 0 Å². The van der Waals surface area contributed by atoms with Crippen molar-refractivity contribution in [2.45, 2.75) is 6.42 Å². The van der Waals surface area contributed by atoms with Crippen LogP contribution < -0.4 is 16.0 Å². The zero-order valence-electron chi connectivity index (χ0n) is 10.0. The normalized spacial score (nSPS) is 16.2. The molecule has 0 bridgehead atoms. The summed E-state index contributed by atoms with van der Waals surface area (Å²) in [4.78, 5) is 36.7. The van der Waals surface area contributed by atoms with E-state index in [4.69, 9.17) is 0 Å². The fourth-order valence-electron chi connectivity index (χ4n) is 1.55. The van der Waals surface area contributed by atoms with Crippen LogP contribution in [-0.4, -0.2) is 29.4 Å². The van der Waals surface area contributed by atoms with Crippen molar-refractivity contribution in [3.63, 3.8) is 0 Å². The molecular weight excluding hydrogens is 396 g/mol. The van der Waals surface area contributed by atoms with Gasteiger partial charge in [0.05, 0.1) is 9.08 Å². The molecular formula is C11H10Br2N4O3. The van der Waals surface area contributed by atoms with E-state index in [1.165, 1.54) is 0 Å². The number of aromatic amines is 1. The number of halogens is 2. The highest BCUT2D eigenvalue weighted by atomic mass is 79.9. The van der Waals surface area contributed by atoms with Crippen molar-refractivity contribution in [2.24, 2.45) is 0 Å². The Hall–Kier alpha value is -1.61. The number of rotatable bonds is 4. The third kappa shape index (κ3) is 3.48. The Morgan fingerprint density at radius 2 is 2.05 bits per heavy atom. The third-order valence-corrected chi connectivity index (χ3v) is 4.25. The van der Waals surface area contributed by atoms with Gasteiger partial charge in [-0.25, -0.2) is 4.79 Å². The Bertz CT molecular complexity index is 589. The summed E-state index contributed by atoms with van der Waals surface area (Å²) in [5, 5.41) is 7.14. The molecule has 1 saturated heterocycles. The predicted molar refractivity (Wildman–Crippen MR) is 77.9 cm³/mol. The van der Waals surface area contributed by atoms with Crippen LogP contribution >= 0.6 is 31.9 Å². The Morgan fingerprint density at radius 3 is 2.60 bits per heavy atom. The zero-order chi connectivity index (χ0) is 14.7. The van der Waals surface area contributed by atoms with Gasteiger partial charge in [-0.3, -0.25) is 14.9 Å². The Balaban J connectivity index is 1.81. The molecule has 0 aromatic carbocycles. The van der Waals surface area contributed by atoms with Crippen LogP contribution in [0.5, 0.6) is 0 Å². The first kappa shape index (κ1) is 14.8. The van der Waals surface area contributed by atoms with E-state index < -0.39 is 11.9 Å². The van der Waals surface area contributed by atoms with Gasteiger partial charge in [-0.2, -0.15) is 0 Å². The first-order chi connectivity index (χ1) is 9.47. The molecule has 2 rings (SSSR count). The van der Waals surface area contributed by atoms with Crippen molar-refractivity contribution in [1.82, 2.24) is 20.9 Å². The van der Waals surface area contributed by atoms with Gasteiger partial charge in [-0.15, -0.1) is 0 Å². The molecule has 9 heteroatoms. The molecule has 1 aliphatic rings. The van der Waals surface area contributed by atoms with Crippen molar-refractivity contribution in [3.05, 3.63) is 32.6 Å². The second-order valence-corrected chi connectivity index (χ2v) is 5.56. The maximum absolute atomic E-state index is 11.8. The molecule has 0 radical (unpaired) electrons. The summed E-state index contributed by atoms with van der Waals surface area (Å²) in [6.07, 6.45) is 1.98. The van der Waals surface area contributed by atoms with E-state index >= 15 is 0 Å². The second kappa shape index (κ2) is 6.23. The van der Waals surface area contributed by atoms with E-state index in [0.717, 1.165) is 4.47 Å². The summed E-state index contributed by atoms with van der Waals surface area (Å²) in [6, 6.07) is 1.12. The molecule has 0 atom stereocenters. The summed E-state index contributed by atoms with van der Waals surface area (Å²) in [6.45, 7) is 0.347. The van der Waals surface area contributed by atoms with Crippen LogP contribution in [0, 0.1) is 0 Å². The maximum atomic E-state index is 11.8. The molecule has 0 spiro atoms. The van der Waals surface area contributed by atoms with Crippen LogP contribution in [0.25, 0.3) is 0 Å². The number of carbonyl (C=O) groups excluding carboxylic acids is 3. The molecule has 4 amide bonds. The van der Waals surface area contributed by atoms with Crippen LogP contribution in [0.3, 0.4) is 0 Å². The Kier molecular flexibility index (Phi) is 4.61. The number of imide groups is 1. The first-order valence-electron chi connectivity index (χ1n) is 5.62. The summed E-state index contributed by atoms with van der Waals surface area (Å²) in [5.41, 5.74) is 0.623. The molecule has 2 heterocycles. The van der Waals surface area contributed by atoms with Gasteiger partial charge >= 0.3 is 6.03 Å². The van der Waals surface area contributed by atoms with E-state index in [1.54, 1.807) is 12.1 Å². The van der Waals surface area contributed by atoms with Gasteiger partial charge in [0.25, 0.3) is 11.8 Å². The number of hydrogen-bond acceptors (Lipinski definition) is 3. The van der Waals surface area contributed by atoms with Crippen molar-refractivity contribution >= 4 is 49.7 Å². The Morgan fingerprint density at radius 1 is 1.30 bits per heavy atom. The number of aromatic nitrogens is 1. The van der Waals surface area contributed by atoms with Crippen LogP contribution in [0.4, 0.5) is 4.79 Å². The molecule has 106 valence electrons. The second-order valence-electron chi connectivity index (χ2n) is 3.92. The number of nitrogens with one attached hydrogen (secondary N) is 4. The highest BCUT2D eigenvalue weighted by Crippen LogP contribution is 2.22. The van der Waals surface area contributed by atoms with Crippen molar-refractivity contribution < 1.29 is 14.4 Å². The molecule has 1 aromatic rings. The molecule has 7 nitrogen and oxygen atoms in total. The van der Waals surface area contributed by atoms with E-state index in [1.807, 2.05) is 0 Å². The Labute approximate surface area is 130 Å². The molecule has 0 saturated carbocycles. The number of urea groups is 1. The summed E-state index contributed by atoms with van der Waals surface area (Å²) in [7, 11) is 0. The summed E-state index contributed by atoms with van der Waals surface area (Å²) >= 11 is 6.52. The minimum absolute atomic E-state index is 0.203. The predicted octanol–water partition coefficient (Wildman–Crippen LogP) is 1.38. The number of hydrogen-bond donors (Lipinski definition) is 4. The average molecular weight is 406 g/mol. The molecule has 1 aliphatic heterocycles. The number of H-pyrrole nitrogens is 1. The van der Waals surface area contributed by atoms with Gasteiger partial charge in [0.2, 0.25) is 0 Å². The largest absolute Gasteiger partial charge is 0.350 e.